The maximum atomic E-state index is 12.3. The van der Waals surface area contributed by atoms with Crippen molar-refractivity contribution in [1.82, 2.24) is 25.4 Å². The van der Waals surface area contributed by atoms with Crippen LogP contribution in [0, 0.1) is 5.92 Å². The molecule has 0 radical (unpaired) electrons. The second-order valence-corrected chi connectivity index (χ2v) is 6.71. The number of hydrogen-bond donors (Lipinski definition) is 2. The number of nitrogens with one attached hydrogen (secondary N) is 2. The van der Waals surface area contributed by atoms with Crippen LogP contribution in [0.1, 0.15) is 56.8 Å². The van der Waals surface area contributed by atoms with Crippen LogP contribution >= 0.6 is 0 Å². The highest BCUT2D eigenvalue weighted by molar-refractivity contribution is 5.82. The molecule has 0 bridgehead atoms. The zero-order valence-corrected chi connectivity index (χ0v) is 12.3. The minimum absolute atomic E-state index is 0.0182. The first-order chi connectivity index (χ1) is 10.3. The second-order valence-electron chi connectivity index (χ2n) is 6.71. The van der Waals surface area contributed by atoms with Crippen molar-refractivity contribution in [2.24, 2.45) is 5.92 Å². The van der Waals surface area contributed by atoms with Gasteiger partial charge in [-0.05, 0) is 38.0 Å². The summed E-state index contributed by atoms with van der Waals surface area (Å²) in [7, 11) is 0. The van der Waals surface area contributed by atoms with E-state index in [1.165, 1.54) is 38.5 Å². The van der Waals surface area contributed by atoms with Crippen molar-refractivity contribution in [2.45, 2.75) is 69.6 Å². The highest BCUT2D eigenvalue weighted by Gasteiger charge is 2.38. The third-order valence-corrected chi connectivity index (χ3v) is 5.19. The van der Waals surface area contributed by atoms with Crippen LogP contribution in [-0.2, 0) is 11.3 Å². The van der Waals surface area contributed by atoms with Gasteiger partial charge in [-0.3, -0.25) is 4.79 Å². The summed E-state index contributed by atoms with van der Waals surface area (Å²) in [5, 5.41) is 14.6. The number of fused-ring (bicyclic) bond motifs is 1. The van der Waals surface area contributed by atoms with Gasteiger partial charge in [-0.15, -0.1) is 10.2 Å². The fourth-order valence-electron chi connectivity index (χ4n) is 3.86. The fraction of sp³-hybridized carbons (Fsp3) is 0.800. The van der Waals surface area contributed by atoms with Crippen molar-refractivity contribution in [3.8, 4) is 0 Å². The van der Waals surface area contributed by atoms with E-state index in [-0.39, 0.29) is 11.9 Å². The molecule has 1 aliphatic heterocycles. The lowest BCUT2D eigenvalue weighted by Crippen LogP contribution is -2.43. The van der Waals surface area contributed by atoms with Crippen LogP contribution in [-0.4, -0.2) is 32.8 Å². The van der Waals surface area contributed by atoms with Crippen LogP contribution in [0.4, 0.5) is 0 Å². The molecular formula is C15H23N5O. The Kier molecular flexibility index (Phi) is 3.41. The van der Waals surface area contributed by atoms with Gasteiger partial charge in [-0.25, -0.2) is 0 Å². The number of amides is 1. The first-order valence-corrected chi connectivity index (χ1v) is 8.23. The van der Waals surface area contributed by atoms with E-state index in [4.69, 9.17) is 0 Å². The molecule has 2 aliphatic carbocycles. The molecule has 3 fully saturated rings. The number of carbonyl (C=O) groups excluding carboxylic acids is 1. The lowest BCUT2D eigenvalue weighted by atomic mass is 9.85. The SMILES string of the molecule is O=C(NCc1nncn1C1CC1)C1CC2CCCCC2N1. The Bertz CT molecular complexity index is 510. The lowest BCUT2D eigenvalue weighted by Gasteiger charge is -2.24. The van der Waals surface area contributed by atoms with Gasteiger partial charge in [-0.1, -0.05) is 12.8 Å². The molecule has 1 aromatic rings. The molecule has 114 valence electrons. The summed E-state index contributed by atoms with van der Waals surface area (Å²) >= 11 is 0. The van der Waals surface area contributed by atoms with E-state index in [0.717, 1.165) is 12.2 Å². The van der Waals surface area contributed by atoms with Crippen LogP contribution in [0.5, 0.6) is 0 Å². The average molecular weight is 289 g/mol. The van der Waals surface area contributed by atoms with Gasteiger partial charge >= 0.3 is 0 Å². The van der Waals surface area contributed by atoms with Gasteiger partial charge in [0.05, 0.1) is 12.6 Å². The van der Waals surface area contributed by atoms with Gasteiger partial charge in [0.1, 0.15) is 6.33 Å². The molecule has 1 amide bonds. The quantitative estimate of drug-likeness (QED) is 0.872. The first-order valence-electron chi connectivity index (χ1n) is 8.23. The number of nitrogens with zero attached hydrogens (tertiary/aromatic N) is 3. The highest BCUT2D eigenvalue weighted by Crippen LogP contribution is 2.35. The van der Waals surface area contributed by atoms with Crippen molar-refractivity contribution in [3.63, 3.8) is 0 Å². The monoisotopic (exact) mass is 289 g/mol. The minimum Gasteiger partial charge on any atom is -0.347 e. The van der Waals surface area contributed by atoms with Crippen LogP contribution in [0.15, 0.2) is 6.33 Å². The Balaban J connectivity index is 1.32. The van der Waals surface area contributed by atoms with Gasteiger partial charge < -0.3 is 15.2 Å². The Morgan fingerprint density at radius 1 is 1.33 bits per heavy atom. The fourth-order valence-corrected chi connectivity index (χ4v) is 3.86. The smallest absolute Gasteiger partial charge is 0.237 e. The third kappa shape index (κ3) is 2.69. The molecule has 3 unspecified atom stereocenters. The molecule has 4 rings (SSSR count). The van der Waals surface area contributed by atoms with Gasteiger partial charge in [0.25, 0.3) is 0 Å². The summed E-state index contributed by atoms with van der Waals surface area (Å²) in [6.45, 7) is 0.489. The number of hydrogen-bond acceptors (Lipinski definition) is 4. The van der Waals surface area contributed by atoms with Gasteiger partial charge in [0.2, 0.25) is 5.91 Å². The molecule has 3 atom stereocenters. The van der Waals surface area contributed by atoms with Crippen molar-refractivity contribution in [1.29, 1.82) is 0 Å². The van der Waals surface area contributed by atoms with Crippen molar-refractivity contribution in [3.05, 3.63) is 12.2 Å². The predicted molar refractivity (Wildman–Crippen MR) is 77.4 cm³/mol. The first kappa shape index (κ1) is 13.2. The molecular weight excluding hydrogens is 266 g/mol. The Hall–Kier alpha value is -1.43. The van der Waals surface area contributed by atoms with Crippen LogP contribution in [0.3, 0.4) is 0 Å². The summed E-state index contributed by atoms with van der Waals surface area (Å²) in [5.74, 6) is 1.70. The molecule has 2 N–H and O–H groups in total. The predicted octanol–water partition coefficient (Wildman–Crippen LogP) is 1.15. The second kappa shape index (κ2) is 5.40. The summed E-state index contributed by atoms with van der Waals surface area (Å²) in [6, 6.07) is 1.10. The van der Waals surface area contributed by atoms with E-state index >= 15 is 0 Å². The summed E-state index contributed by atoms with van der Waals surface area (Å²) < 4.78 is 2.10. The maximum absolute atomic E-state index is 12.3. The van der Waals surface area contributed by atoms with Gasteiger partial charge in [0, 0.05) is 12.1 Å². The molecule has 6 nitrogen and oxygen atoms in total. The molecule has 2 heterocycles. The van der Waals surface area contributed by atoms with E-state index in [1.54, 1.807) is 6.33 Å². The standard InChI is InChI=1S/C15H23N5O/c21-15(13-7-10-3-1-2-4-12(10)18-13)16-8-14-19-17-9-20(14)11-5-6-11/h9-13,18H,1-8H2,(H,16,21). The Morgan fingerprint density at radius 2 is 2.19 bits per heavy atom. The molecule has 0 aromatic carbocycles. The zero-order valence-electron chi connectivity index (χ0n) is 12.3. The Labute approximate surface area is 124 Å². The molecule has 3 aliphatic rings. The van der Waals surface area contributed by atoms with E-state index in [2.05, 4.69) is 25.4 Å². The van der Waals surface area contributed by atoms with Crippen LogP contribution in [0.25, 0.3) is 0 Å². The molecule has 2 saturated carbocycles. The maximum Gasteiger partial charge on any atom is 0.237 e. The summed E-state index contributed by atoms with van der Waals surface area (Å²) in [4.78, 5) is 12.3. The van der Waals surface area contributed by atoms with E-state index in [9.17, 15) is 4.79 Å². The summed E-state index contributed by atoms with van der Waals surface area (Å²) in [5.41, 5.74) is 0. The van der Waals surface area contributed by atoms with E-state index in [0.29, 0.717) is 24.5 Å². The Morgan fingerprint density at radius 3 is 3.00 bits per heavy atom. The summed E-state index contributed by atoms with van der Waals surface area (Å²) in [6.07, 6.45) is 10.3. The minimum atomic E-state index is -0.0182. The molecule has 0 spiro atoms. The largest absolute Gasteiger partial charge is 0.347 e. The lowest BCUT2D eigenvalue weighted by molar-refractivity contribution is -0.123. The van der Waals surface area contributed by atoms with Gasteiger partial charge in [-0.2, -0.15) is 0 Å². The highest BCUT2D eigenvalue weighted by atomic mass is 16.2. The number of rotatable bonds is 4. The van der Waals surface area contributed by atoms with Gasteiger partial charge in [0.15, 0.2) is 5.82 Å². The van der Waals surface area contributed by atoms with E-state index in [1.807, 2.05) is 0 Å². The van der Waals surface area contributed by atoms with Crippen molar-refractivity contribution < 1.29 is 4.79 Å². The number of carbonyl (C=O) groups is 1. The zero-order chi connectivity index (χ0) is 14.2. The van der Waals surface area contributed by atoms with Crippen molar-refractivity contribution in [2.75, 3.05) is 0 Å². The number of aromatic nitrogens is 3. The molecule has 1 saturated heterocycles. The topological polar surface area (TPSA) is 71.8 Å². The van der Waals surface area contributed by atoms with E-state index < -0.39 is 0 Å². The molecule has 6 heteroatoms. The third-order valence-electron chi connectivity index (χ3n) is 5.19. The van der Waals surface area contributed by atoms with Crippen LogP contribution < -0.4 is 10.6 Å². The molecule has 21 heavy (non-hydrogen) atoms. The normalized spacial score (nSPS) is 31.9. The van der Waals surface area contributed by atoms with Crippen molar-refractivity contribution >= 4 is 5.91 Å². The average Bonchev–Trinajstić information content (AvgIpc) is 3.09. The molecule has 1 aromatic heterocycles. The van der Waals surface area contributed by atoms with Crippen LogP contribution in [0.2, 0.25) is 0 Å².